The molecule has 0 unspecified atom stereocenters. The number of hydrogen-bond donors (Lipinski definition) is 0. The van der Waals surface area contributed by atoms with Gasteiger partial charge in [0.2, 0.25) is 0 Å². The molecule has 260 valence electrons. The van der Waals surface area contributed by atoms with Gasteiger partial charge in [-0.3, -0.25) is 4.98 Å². The van der Waals surface area contributed by atoms with E-state index in [4.69, 9.17) is 18.8 Å². The lowest BCUT2D eigenvalue weighted by atomic mass is 9.92. The van der Waals surface area contributed by atoms with Crippen molar-refractivity contribution in [2.45, 2.75) is 0 Å². The molecule has 0 aliphatic rings. The van der Waals surface area contributed by atoms with Gasteiger partial charge in [0.05, 0.1) is 28.3 Å². The van der Waals surface area contributed by atoms with Crippen LogP contribution < -0.4 is 0 Å². The van der Waals surface area contributed by atoms with E-state index in [-0.39, 0.29) is 0 Å². The highest BCUT2D eigenvalue weighted by Crippen LogP contribution is 2.44. The number of rotatable bonds is 4. The van der Waals surface area contributed by atoms with Gasteiger partial charge < -0.3 is 8.83 Å². The van der Waals surface area contributed by atoms with Crippen LogP contribution in [0.4, 0.5) is 0 Å². The van der Waals surface area contributed by atoms with Gasteiger partial charge in [0.15, 0.2) is 0 Å². The van der Waals surface area contributed by atoms with Crippen LogP contribution in [0.3, 0.4) is 0 Å². The van der Waals surface area contributed by atoms with Crippen molar-refractivity contribution in [3.8, 4) is 44.6 Å². The van der Waals surface area contributed by atoms with Gasteiger partial charge in [0.25, 0.3) is 0 Å². The Labute approximate surface area is 320 Å². The molecule has 9 aromatic carbocycles. The molecule has 0 aliphatic heterocycles. The number of para-hydroxylation sites is 2. The molecule has 0 fully saturated rings. The largest absolute Gasteiger partial charge is 0.456 e. The van der Waals surface area contributed by atoms with Crippen LogP contribution in [0.2, 0.25) is 0 Å². The van der Waals surface area contributed by atoms with E-state index < -0.39 is 0 Å². The van der Waals surface area contributed by atoms with Crippen molar-refractivity contribution >= 4 is 76.5 Å². The quantitative estimate of drug-likeness (QED) is 0.170. The van der Waals surface area contributed by atoms with Crippen molar-refractivity contribution < 1.29 is 8.83 Å². The molecule has 56 heavy (non-hydrogen) atoms. The maximum Gasteiger partial charge on any atom is 0.147 e. The van der Waals surface area contributed by atoms with Gasteiger partial charge in [-0.15, -0.1) is 0 Å². The molecule has 4 heteroatoms. The molecular formula is C52H30N2O2. The Morgan fingerprint density at radius 1 is 0.339 bits per heavy atom. The van der Waals surface area contributed by atoms with Crippen molar-refractivity contribution in [1.29, 1.82) is 0 Å². The van der Waals surface area contributed by atoms with E-state index in [1.54, 1.807) is 0 Å². The van der Waals surface area contributed by atoms with Crippen LogP contribution in [0.5, 0.6) is 0 Å². The first-order valence-corrected chi connectivity index (χ1v) is 18.9. The average Bonchev–Trinajstić information content (AvgIpc) is 3.85. The highest BCUT2D eigenvalue weighted by atomic mass is 16.3. The van der Waals surface area contributed by atoms with Crippen molar-refractivity contribution in [2.24, 2.45) is 0 Å². The molecule has 12 aromatic rings. The molecule has 0 atom stereocenters. The zero-order chi connectivity index (χ0) is 36.7. The molecule has 3 heterocycles. The molecule has 0 bridgehead atoms. The fraction of sp³-hybridized carbons (Fsp3) is 0. The number of benzene rings is 9. The smallest absolute Gasteiger partial charge is 0.147 e. The molecule has 0 radical (unpaired) electrons. The summed E-state index contributed by atoms with van der Waals surface area (Å²) in [5.74, 6) is 0. The van der Waals surface area contributed by atoms with Crippen LogP contribution in [0.1, 0.15) is 0 Å². The number of hydrogen-bond acceptors (Lipinski definition) is 4. The Morgan fingerprint density at radius 3 is 1.75 bits per heavy atom. The van der Waals surface area contributed by atoms with Gasteiger partial charge in [-0.2, -0.15) is 0 Å². The molecule has 0 aliphatic carbocycles. The fourth-order valence-electron chi connectivity index (χ4n) is 8.66. The third kappa shape index (κ3) is 4.66. The van der Waals surface area contributed by atoms with E-state index in [1.807, 2.05) is 24.4 Å². The maximum absolute atomic E-state index is 6.94. The summed E-state index contributed by atoms with van der Waals surface area (Å²) in [6.45, 7) is 0. The van der Waals surface area contributed by atoms with Gasteiger partial charge in [0, 0.05) is 38.1 Å². The Bertz CT molecular complexity index is 3510. The lowest BCUT2D eigenvalue weighted by Crippen LogP contribution is -1.93. The Hall–Kier alpha value is -7.56. The molecule has 12 rings (SSSR count). The van der Waals surface area contributed by atoms with Crippen LogP contribution in [0.15, 0.2) is 191 Å². The number of fused-ring (bicyclic) bond motifs is 13. The highest BCUT2D eigenvalue weighted by molar-refractivity contribution is 6.24. The Morgan fingerprint density at radius 2 is 0.929 bits per heavy atom. The molecule has 3 aromatic heterocycles. The van der Waals surface area contributed by atoms with Crippen molar-refractivity contribution in [3.05, 3.63) is 182 Å². The predicted molar refractivity (Wildman–Crippen MR) is 231 cm³/mol. The van der Waals surface area contributed by atoms with Gasteiger partial charge in [-0.25, -0.2) is 4.98 Å². The van der Waals surface area contributed by atoms with Gasteiger partial charge >= 0.3 is 0 Å². The number of furan rings is 2. The summed E-state index contributed by atoms with van der Waals surface area (Å²) in [6, 6.07) is 61.8. The predicted octanol–water partition coefficient (Wildman–Crippen LogP) is 14.4. The minimum absolute atomic E-state index is 0.809. The standard InChI is InChI=1S/C52H30N2O2/c1-2-12-31(13-3-1)32-14-10-15-33(26-32)34-27-35(37-21-11-22-42-43-24-25-47-48(52(43)56-51(37)42)44-20-8-9-23-46(44)55-47)29-36(28-34)45-30-53-49-40-18-6-4-16-38(40)39-17-5-7-19-41(39)50(49)54-45/h1-30H. The van der Waals surface area contributed by atoms with Crippen LogP contribution in [0.25, 0.3) is 121 Å². The van der Waals surface area contributed by atoms with Crippen molar-refractivity contribution in [3.63, 3.8) is 0 Å². The van der Waals surface area contributed by atoms with Crippen LogP contribution >= 0.6 is 0 Å². The molecular weight excluding hydrogens is 685 g/mol. The van der Waals surface area contributed by atoms with E-state index in [9.17, 15) is 0 Å². The van der Waals surface area contributed by atoms with Gasteiger partial charge in [-0.1, -0.05) is 133 Å². The molecule has 0 saturated heterocycles. The molecule has 0 saturated carbocycles. The summed E-state index contributed by atoms with van der Waals surface area (Å²) in [6.07, 6.45) is 1.93. The first kappa shape index (κ1) is 30.9. The maximum atomic E-state index is 6.94. The van der Waals surface area contributed by atoms with Gasteiger partial charge in [0.1, 0.15) is 22.3 Å². The van der Waals surface area contributed by atoms with Crippen LogP contribution in [0, 0.1) is 0 Å². The minimum atomic E-state index is 0.809. The normalized spacial score (nSPS) is 11.9. The number of aromatic nitrogens is 2. The summed E-state index contributed by atoms with van der Waals surface area (Å²) in [4.78, 5) is 10.5. The molecule has 0 N–H and O–H groups in total. The zero-order valence-corrected chi connectivity index (χ0v) is 30.0. The fourth-order valence-corrected chi connectivity index (χ4v) is 8.66. The zero-order valence-electron chi connectivity index (χ0n) is 30.0. The van der Waals surface area contributed by atoms with E-state index >= 15 is 0 Å². The second-order valence-corrected chi connectivity index (χ2v) is 14.5. The molecule has 4 nitrogen and oxygen atoms in total. The summed E-state index contributed by atoms with van der Waals surface area (Å²) < 4.78 is 13.2. The van der Waals surface area contributed by atoms with E-state index in [1.165, 1.54) is 16.3 Å². The van der Waals surface area contributed by atoms with Crippen molar-refractivity contribution in [2.75, 3.05) is 0 Å². The lowest BCUT2D eigenvalue weighted by molar-refractivity contribution is 0.663. The lowest BCUT2D eigenvalue weighted by Gasteiger charge is -2.14. The van der Waals surface area contributed by atoms with E-state index in [0.29, 0.717) is 0 Å². The SMILES string of the molecule is c1ccc(-c2cccc(-c3cc(-c4cnc5c6ccccc6c6ccccc6c5n4)cc(-c4cccc5c4oc4c5ccc5oc6ccccc6c54)c3)c2)cc1. The Kier molecular flexibility index (Phi) is 6.60. The first-order valence-electron chi connectivity index (χ1n) is 18.9. The third-order valence-electron chi connectivity index (χ3n) is 11.3. The number of nitrogens with zero attached hydrogens (tertiary/aromatic N) is 2. The minimum Gasteiger partial charge on any atom is -0.456 e. The third-order valence-corrected chi connectivity index (χ3v) is 11.3. The topological polar surface area (TPSA) is 52.1 Å². The second kappa shape index (κ2) is 12.0. The summed E-state index contributed by atoms with van der Waals surface area (Å²) in [5, 5.41) is 8.71. The summed E-state index contributed by atoms with van der Waals surface area (Å²) in [5.41, 5.74) is 13.5. The molecule has 0 amide bonds. The van der Waals surface area contributed by atoms with Crippen molar-refractivity contribution in [1.82, 2.24) is 9.97 Å². The Balaban J connectivity index is 1.12. The van der Waals surface area contributed by atoms with E-state index in [2.05, 4.69) is 158 Å². The van der Waals surface area contributed by atoms with Crippen LogP contribution in [-0.2, 0) is 0 Å². The second-order valence-electron chi connectivity index (χ2n) is 14.5. The van der Waals surface area contributed by atoms with E-state index in [0.717, 1.165) is 105 Å². The monoisotopic (exact) mass is 714 g/mol. The van der Waals surface area contributed by atoms with Gasteiger partial charge in [-0.05, 0) is 81.1 Å². The summed E-state index contributed by atoms with van der Waals surface area (Å²) >= 11 is 0. The first-order chi connectivity index (χ1) is 27.7. The molecule has 0 spiro atoms. The highest BCUT2D eigenvalue weighted by Gasteiger charge is 2.20. The summed E-state index contributed by atoms with van der Waals surface area (Å²) in [7, 11) is 0. The average molecular weight is 715 g/mol. The van der Waals surface area contributed by atoms with Crippen LogP contribution in [-0.4, -0.2) is 9.97 Å².